The first kappa shape index (κ1) is 18.5. The van der Waals surface area contributed by atoms with Crippen molar-refractivity contribution in [1.82, 2.24) is 5.32 Å². The van der Waals surface area contributed by atoms with Crippen LogP contribution in [0.25, 0.3) is 0 Å². The third kappa shape index (κ3) is 8.45. The number of hydrogen-bond donors (Lipinski definition) is 4. The fourth-order valence-electron chi connectivity index (χ4n) is 1.91. The average molecular weight is 321 g/mol. The van der Waals surface area contributed by atoms with E-state index in [2.05, 4.69) is 5.32 Å². The van der Waals surface area contributed by atoms with E-state index in [0.29, 0.717) is 24.3 Å². The van der Waals surface area contributed by atoms with Gasteiger partial charge in [0.25, 0.3) is 5.91 Å². The van der Waals surface area contributed by atoms with Crippen molar-refractivity contribution >= 4 is 17.7 Å². The molecule has 0 atom stereocenters. The van der Waals surface area contributed by atoms with E-state index in [9.17, 15) is 9.59 Å². The normalized spacial score (nSPS) is 10.1. The number of amidine groups is 1. The van der Waals surface area contributed by atoms with Crippen LogP contribution < -0.4 is 15.8 Å². The Morgan fingerprint density at radius 2 is 1.78 bits per heavy atom. The number of carbonyl (C=O) groups is 2. The Morgan fingerprint density at radius 3 is 2.39 bits per heavy atom. The van der Waals surface area contributed by atoms with E-state index < -0.39 is 5.97 Å². The largest absolute Gasteiger partial charge is 0.484 e. The van der Waals surface area contributed by atoms with Crippen LogP contribution in [0.1, 0.15) is 37.7 Å². The maximum atomic E-state index is 11.6. The second-order valence-corrected chi connectivity index (χ2v) is 5.13. The summed E-state index contributed by atoms with van der Waals surface area (Å²) in [6.45, 7) is 0.483. The molecule has 0 aromatic heterocycles. The topological polar surface area (TPSA) is 126 Å². The van der Waals surface area contributed by atoms with Gasteiger partial charge in [-0.3, -0.25) is 15.0 Å². The zero-order chi connectivity index (χ0) is 17.1. The van der Waals surface area contributed by atoms with Crippen molar-refractivity contribution in [2.75, 3.05) is 13.2 Å². The number of nitrogen functional groups attached to an aromatic ring is 1. The Morgan fingerprint density at radius 1 is 1.13 bits per heavy atom. The number of carboxylic acids is 1. The molecule has 1 aromatic rings. The molecule has 7 heteroatoms. The summed E-state index contributed by atoms with van der Waals surface area (Å²) in [5, 5.41) is 18.5. The van der Waals surface area contributed by atoms with Gasteiger partial charge in [0.05, 0.1) is 0 Å². The monoisotopic (exact) mass is 321 g/mol. The molecule has 0 aliphatic carbocycles. The Balaban J connectivity index is 2.10. The summed E-state index contributed by atoms with van der Waals surface area (Å²) in [6, 6.07) is 6.64. The van der Waals surface area contributed by atoms with Crippen LogP contribution in [0.5, 0.6) is 5.75 Å². The maximum absolute atomic E-state index is 11.6. The molecule has 23 heavy (non-hydrogen) atoms. The van der Waals surface area contributed by atoms with Crippen LogP contribution in [-0.2, 0) is 9.59 Å². The van der Waals surface area contributed by atoms with E-state index >= 15 is 0 Å². The highest BCUT2D eigenvalue weighted by Crippen LogP contribution is 2.11. The number of aliphatic carboxylic acids is 1. The lowest BCUT2D eigenvalue weighted by Crippen LogP contribution is -2.29. The number of carboxylic acid groups (broad SMARTS) is 1. The van der Waals surface area contributed by atoms with Gasteiger partial charge in [-0.1, -0.05) is 12.8 Å². The van der Waals surface area contributed by atoms with Gasteiger partial charge in [0.1, 0.15) is 11.6 Å². The predicted molar refractivity (Wildman–Crippen MR) is 86.7 cm³/mol. The van der Waals surface area contributed by atoms with E-state index in [-0.39, 0.29) is 24.8 Å². The SMILES string of the molecule is N=C(N)c1ccc(OCC(=O)NCCCCCCC(=O)O)cc1. The number of carbonyl (C=O) groups excluding carboxylic acids is 1. The lowest BCUT2D eigenvalue weighted by Gasteiger charge is -2.08. The van der Waals surface area contributed by atoms with Crippen LogP contribution in [0, 0.1) is 5.41 Å². The highest BCUT2D eigenvalue weighted by Gasteiger charge is 2.03. The van der Waals surface area contributed by atoms with E-state index in [1.807, 2.05) is 0 Å². The Labute approximate surface area is 135 Å². The molecule has 0 fully saturated rings. The zero-order valence-electron chi connectivity index (χ0n) is 13.0. The minimum atomic E-state index is -0.771. The molecular weight excluding hydrogens is 298 g/mol. The van der Waals surface area contributed by atoms with Crippen LogP contribution >= 0.6 is 0 Å². The van der Waals surface area contributed by atoms with Gasteiger partial charge < -0.3 is 20.9 Å². The number of benzene rings is 1. The fourth-order valence-corrected chi connectivity index (χ4v) is 1.91. The van der Waals surface area contributed by atoms with Crippen molar-refractivity contribution in [2.45, 2.75) is 32.1 Å². The number of amides is 1. The number of hydrogen-bond acceptors (Lipinski definition) is 4. The second-order valence-electron chi connectivity index (χ2n) is 5.13. The van der Waals surface area contributed by atoms with Gasteiger partial charge in [-0.25, -0.2) is 0 Å². The summed E-state index contributed by atoms with van der Waals surface area (Å²) in [6.07, 6.45) is 3.42. The average Bonchev–Trinajstić information content (AvgIpc) is 2.52. The molecule has 0 bridgehead atoms. The fraction of sp³-hybridized carbons (Fsp3) is 0.438. The first-order chi connectivity index (χ1) is 11.0. The number of ether oxygens (including phenoxy) is 1. The first-order valence-corrected chi connectivity index (χ1v) is 7.55. The molecule has 0 saturated heterocycles. The summed E-state index contributed by atoms with van der Waals surface area (Å²) < 4.78 is 5.34. The first-order valence-electron chi connectivity index (χ1n) is 7.55. The molecule has 0 aliphatic heterocycles. The molecule has 0 heterocycles. The third-order valence-corrected chi connectivity index (χ3v) is 3.17. The summed E-state index contributed by atoms with van der Waals surface area (Å²) in [4.78, 5) is 21.9. The Bertz CT molecular complexity index is 529. The molecule has 0 saturated carbocycles. The van der Waals surface area contributed by atoms with Crippen molar-refractivity contribution in [1.29, 1.82) is 5.41 Å². The highest BCUT2D eigenvalue weighted by atomic mass is 16.5. The molecule has 1 aromatic carbocycles. The van der Waals surface area contributed by atoms with Crippen molar-refractivity contribution in [3.8, 4) is 5.75 Å². The van der Waals surface area contributed by atoms with Crippen LogP contribution in [0.4, 0.5) is 0 Å². The zero-order valence-corrected chi connectivity index (χ0v) is 13.0. The van der Waals surface area contributed by atoms with Crippen molar-refractivity contribution in [3.63, 3.8) is 0 Å². The van der Waals surface area contributed by atoms with E-state index in [1.54, 1.807) is 24.3 Å². The van der Waals surface area contributed by atoms with Crippen molar-refractivity contribution < 1.29 is 19.4 Å². The smallest absolute Gasteiger partial charge is 0.303 e. The van der Waals surface area contributed by atoms with Crippen molar-refractivity contribution in [2.24, 2.45) is 5.73 Å². The van der Waals surface area contributed by atoms with Crippen LogP contribution in [-0.4, -0.2) is 36.0 Å². The van der Waals surface area contributed by atoms with Gasteiger partial charge in [-0.2, -0.15) is 0 Å². The summed E-state index contributed by atoms with van der Waals surface area (Å²) in [5.41, 5.74) is 5.95. The molecule has 1 amide bonds. The third-order valence-electron chi connectivity index (χ3n) is 3.17. The Hall–Kier alpha value is -2.57. The predicted octanol–water partition coefficient (Wildman–Crippen LogP) is 1.50. The van der Waals surface area contributed by atoms with Crippen LogP contribution in [0.3, 0.4) is 0 Å². The van der Waals surface area contributed by atoms with E-state index in [1.165, 1.54) is 0 Å². The number of nitrogens with two attached hydrogens (primary N) is 1. The standard InChI is InChI=1S/C16H23N3O4/c17-16(18)12-6-8-13(9-7-12)23-11-14(20)19-10-4-2-1-3-5-15(21)22/h6-9H,1-5,10-11H2,(H3,17,18)(H,19,20)(H,21,22). The van der Waals surface area contributed by atoms with Gasteiger partial charge in [0.2, 0.25) is 0 Å². The minimum absolute atomic E-state index is 0.0161. The van der Waals surface area contributed by atoms with Crippen LogP contribution in [0.15, 0.2) is 24.3 Å². The molecule has 5 N–H and O–H groups in total. The molecule has 0 unspecified atom stereocenters. The van der Waals surface area contributed by atoms with Gasteiger partial charge in [-0.15, -0.1) is 0 Å². The van der Waals surface area contributed by atoms with Crippen molar-refractivity contribution in [3.05, 3.63) is 29.8 Å². The maximum Gasteiger partial charge on any atom is 0.303 e. The van der Waals surface area contributed by atoms with Gasteiger partial charge in [0.15, 0.2) is 6.61 Å². The lowest BCUT2D eigenvalue weighted by atomic mass is 10.1. The molecule has 0 spiro atoms. The molecular formula is C16H23N3O4. The van der Waals surface area contributed by atoms with E-state index in [0.717, 1.165) is 19.3 Å². The van der Waals surface area contributed by atoms with Gasteiger partial charge in [-0.05, 0) is 37.1 Å². The summed E-state index contributed by atoms with van der Waals surface area (Å²) in [7, 11) is 0. The van der Waals surface area contributed by atoms with Crippen LogP contribution in [0.2, 0.25) is 0 Å². The number of nitrogens with one attached hydrogen (secondary N) is 2. The molecule has 1 rings (SSSR count). The molecule has 126 valence electrons. The lowest BCUT2D eigenvalue weighted by molar-refractivity contribution is -0.137. The highest BCUT2D eigenvalue weighted by molar-refractivity contribution is 5.94. The van der Waals surface area contributed by atoms with Gasteiger partial charge >= 0.3 is 5.97 Å². The number of unbranched alkanes of at least 4 members (excludes halogenated alkanes) is 3. The molecule has 0 aliphatic rings. The van der Waals surface area contributed by atoms with E-state index in [4.69, 9.17) is 21.0 Å². The minimum Gasteiger partial charge on any atom is -0.484 e. The van der Waals surface area contributed by atoms with Gasteiger partial charge in [0, 0.05) is 18.5 Å². The molecule has 0 radical (unpaired) electrons. The number of rotatable bonds is 11. The summed E-state index contributed by atoms with van der Waals surface area (Å²) in [5.74, 6) is -0.450. The Kier molecular flexibility index (Phi) is 8.20. The summed E-state index contributed by atoms with van der Waals surface area (Å²) >= 11 is 0. The molecule has 7 nitrogen and oxygen atoms in total. The quantitative estimate of drug-likeness (QED) is 0.279. The second kappa shape index (κ2) is 10.2.